The van der Waals surface area contributed by atoms with Gasteiger partial charge in [-0.25, -0.2) is 4.98 Å². The molecule has 2 N–H and O–H groups in total. The molecular formula is C20H21N3O4S. The normalized spacial score (nSPS) is 10.5. The maximum Gasteiger partial charge on any atom is 0.255 e. The van der Waals surface area contributed by atoms with Crippen molar-refractivity contribution in [2.45, 2.75) is 19.8 Å². The number of hydrogen-bond acceptors (Lipinski definition) is 6. The number of hydrogen-bond donors (Lipinski definition) is 2. The smallest absolute Gasteiger partial charge is 0.255 e. The molecule has 0 radical (unpaired) electrons. The average Bonchev–Trinajstić information content (AvgIpc) is 3.08. The van der Waals surface area contributed by atoms with E-state index in [1.807, 2.05) is 19.1 Å². The van der Waals surface area contributed by atoms with Crippen LogP contribution < -0.4 is 20.1 Å². The Kier molecular flexibility index (Phi) is 6.10. The third-order valence-electron chi connectivity index (χ3n) is 3.98. The summed E-state index contributed by atoms with van der Waals surface area (Å²) < 4.78 is 11.3. The number of aromatic nitrogens is 1. The number of nitrogens with one attached hydrogen (secondary N) is 2. The molecule has 7 nitrogen and oxygen atoms in total. The van der Waals surface area contributed by atoms with E-state index >= 15 is 0 Å². The highest BCUT2D eigenvalue weighted by Gasteiger charge is 2.12. The van der Waals surface area contributed by atoms with Crippen LogP contribution >= 0.6 is 11.3 Å². The van der Waals surface area contributed by atoms with Crippen LogP contribution in [0, 0.1) is 0 Å². The van der Waals surface area contributed by atoms with Crippen LogP contribution in [0.3, 0.4) is 0 Å². The zero-order chi connectivity index (χ0) is 20.1. The van der Waals surface area contributed by atoms with E-state index in [1.54, 1.807) is 24.3 Å². The Hall–Kier alpha value is -3.13. The quantitative estimate of drug-likeness (QED) is 0.618. The number of carbonyl (C=O) groups excluding carboxylic acids is 2. The molecule has 0 aliphatic rings. The first-order valence-electron chi connectivity index (χ1n) is 8.77. The number of ether oxygens (including phenoxy) is 2. The van der Waals surface area contributed by atoms with Crippen molar-refractivity contribution in [1.29, 1.82) is 0 Å². The third kappa shape index (κ3) is 4.58. The lowest BCUT2D eigenvalue weighted by molar-refractivity contribution is -0.116. The predicted octanol–water partition coefficient (Wildman–Crippen LogP) is 4.30. The van der Waals surface area contributed by atoms with Crippen molar-refractivity contribution in [3.05, 3.63) is 42.0 Å². The summed E-state index contributed by atoms with van der Waals surface area (Å²) in [4.78, 5) is 28.8. The lowest BCUT2D eigenvalue weighted by atomic mass is 10.1. The van der Waals surface area contributed by atoms with Gasteiger partial charge in [-0.05, 0) is 36.8 Å². The van der Waals surface area contributed by atoms with Crippen molar-refractivity contribution in [3.8, 4) is 11.5 Å². The number of amides is 2. The monoisotopic (exact) mass is 399 g/mol. The molecule has 0 saturated carbocycles. The largest absolute Gasteiger partial charge is 0.497 e. The van der Waals surface area contributed by atoms with E-state index in [4.69, 9.17) is 9.47 Å². The van der Waals surface area contributed by atoms with Crippen LogP contribution in [0.1, 0.15) is 30.1 Å². The van der Waals surface area contributed by atoms with Gasteiger partial charge in [0.15, 0.2) is 5.13 Å². The molecule has 0 bridgehead atoms. The summed E-state index contributed by atoms with van der Waals surface area (Å²) in [6, 6.07) is 10.4. The van der Waals surface area contributed by atoms with E-state index in [9.17, 15) is 9.59 Å². The predicted molar refractivity (Wildman–Crippen MR) is 111 cm³/mol. The number of nitrogens with zero attached hydrogens (tertiary/aromatic N) is 1. The van der Waals surface area contributed by atoms with E-state index in [0.29, 0.717) is 34.3 Å². The zero-order valence-electron chi connectivity index (χ0n) is 15.9. The number of carbonyl (C=O) groups is 2. The number of fused-ring (bicyclic) bond motifs is 1. The first-order valence-corrected chi connectivity index (χ1v) is 9.59. The molecule has 0 atom stereocenters. The van der Waals surface area contributed by atoms with E-state index in [0.717, 1.165) is 16.6 Å². The molecule has 1 aromatic heterocycles. The van der Waals surface area contributed by atoms with E-state index < -0.39 is 0 Å². The Bertz CT molecular complexity index is 994. The summed E-state index contributed by atoms with van der Waals surface area (Å²) in [7, 11) is 3.07. The van der Waals surface area contributed by atoms with Gasteiger partial charge in [0.25, 0.3) is 5.91 Å². The van der Waals surface area contributed by atoms with Gasteiger partial charge in [-0.2, -0.15) is 0 Å². The van der Waals surface area contributed by atoms with Crippen LogP contribution in [0.25, 0.3) is 10.2 Å². The highest BCUT2D eigenvalue weighted by atomic mass is 32.1. The van der Waals surface area contributed by atoms with Gasteiger partial charge < -0.3 is 20.1 Å². The van der Waals surface area contributed by atoms with Crippen LogP contribution in [-0.2, 0) is 4.79 Å². The third-order valence-corrected chi connectivity index (χ3v) is 4.92. The van der Waals surface area contributed by atoms with Gasteiger partial charge in [-0.3, -0.25) is 9.59 Å². The Balaban J connectivity index is 1.78. The molecule has 2 aromatic carbocycles. The van der Waals surface area contributed by atoms with Crippen LogP contribution in [0.4, 0.5) is 10.8 Å². The maximum atomic E-state index is 12.6. The molecule has 0 aliphatic heterocycles. The molecule has 3 rings (SSSR count). The minimum atomic E-state index is -0.280. The number of thiazole rings is 1. The highest BCUT2D eigenvalue weighted by Crippen LogP contribution is 2.29. The molecule has 0 fully saturated rings. The van der Waals surface area contributed by atoms with Gasteiger partial charge >= 0.3 is 0 Å². The molecule has 8 heteroatoms. The van der Waals surface area contributed by atoms with Gasteiger partial charge in [0.2, 0.25) is 5.91 Å². The van der Waals surface area contributed by atoms with Crippen molar-refractivity contribution < 1.29 is 19.1 Å². The lowest BCUT2D eigenvalue weighted by Gasteiger charge is -2.09. The Morgan fingerprint density at radius 3 is 2.39 bits per heavy atom. The van der Waals surface area contributed by atoms with Crippen LogP contribution in [-0.4, -0.2) is 31.0 Å². The van der Waals surface area contributed by atoms with Crippen LogP contribution in [0.5, 0.6) is 11.5 Å². The number of rotatable bonds is 7. The Morgan fingerprint density at radius 2 is 1.75 bits per heavy atom. The fourth-order valence-electron chi connectivity index (χ4n) is 2.61. The fraction of sp³-hybridized carbons (Fsp3) is 0.250. The summed E-state index contributed by atoms with van der Waals surface area (Å²) in [6.45, 7) is 1.95. The molecule has 3 aromatic rings. The van der Waals surface area contributed by atoms with Gasteiger partial charge in [0.1, 0.15) is 11.5 Å². The van der Waals surface area contributed by atoms with Gasteiger partial charge in [-0.1, -0.05) is 18.3 Å². The summed E-state index contributed by atoms with van der Waals surface area (Å²) in [5.74, 6) is 0.740. The second kappa shape index (κ2) is 8.71. The first-order chi connectivity index (χ1) is 13.5. The maximum absolute atomic E-state index is 12.6. The van der Waals surface area contributed by atoms with Crippen molar-refractivity contribution in [1.82, 2.24) is 4.98 Å². The standard InChI is InChI=1S/C20H21N3O4S/c1-4-5-18(24)23-20-22-16-7-6-13(10-17(16)28-20)21-19(25)12-8-14(26-2)11-15(9-12)27-3/h6-11H,4-5H2,1-3H3,(H,21,25)(H,22,23,24). The summed E-state index contributed by atoms with van der Waals surface area (Å²) in [5, 5.41) is 6.21. The summed E-state index contributed by atoms with van der Waals surface area (Å²) in [5.41, 5.74) is 1.82. The van der Waals surface area contributed by atoms with Gasteiger partial charge in [0.05, 0.1) is 24.4 Å². The number of anilines is 2. The van der Waals surface area contributed by atoms with E-state index in [-0.39, 0.29) is 11.8 Å². The van der Waals surface area contributed by atoms with Gasteiger partial charge in [-0.15, -0.1) is 0 Å². The SMILES string of the molecule is CCCC(=O)Nc1nc2ccc(NC(=O)c3cc(OC)cc(OC)c3)cc2s1. The molecule has 0 aliphatic carbocycles. The second-order valence-electron chi connectivity index (χ2n) is 6.06. The van der Waals surface area contributed by atoms with E-state index in [1.165, 1.54) is 25.6 Å². The average molecular weight is 399 g/mol. The van der Waals surface area contributed by atoms with Gasteiger partial charge in [0, 0.05) is 23.7 Å². The van der Waals surface area contributed by atoms with Crippen LogP contribution in [0.2, 0.25) is 0 Å². The molecule has 2 amide bonds. The molecule has 146 valence electrons. The lowest BCUT2D eigenvalue weighted by Crippen LogP contribution is -2.12. The second-order valence-corrected chi connectivity index (χ2v) is 7.09. The molecule has 0 unspecified atom stereocenters. The Morgan fingerprint density at radius 1 is 1.04 bits per heavy atom. The van der Waals surface area contributed by atoms with Crippen molar-refractivity contribution >= 4 is 44.2 Å². The van der Waals surface area contributed by atoms with Crippen LogP contribution in [0.15, 0.2) is 36.4 Å². The van der Waals surface area contributed by atoms with Crippen molar-refractivity contribution in [3.63, 3.8) is 0 Å². The van der Waals surface area contributed by atoms with Crippen molar-refractivity contribution in [2.24, 2.45) is 0 Å². The summed E-state index contributed by atoms with van der Waals surface area (Å²) >= 11 is 1.37. The minimum absolute atomic E-state index is 0.0537. The molecule has 0 saturated heterocycles. The molecule has 0 spiro atoms. The fourth-order valence-corrected chi connectivity index (χ4v) is 3.53. The molecule has 28 heavy (non-hydrogen) atoms. The molecule has 1 heterocycles. The summed E-state index contributed by atoms with van der Waals surface area (Å²) in [6.07, 6.45) is 1.24. The Labute approximate surface area is 166 Å². The highest BCUT2D eigenvalue weighted by molar-refractivity contribution is 7.22. The zero-order valence-corrected chi connectivity index (χ0v) is 16.7. The van der Waals surface area contributed by atoms with Crippen molar-refractivity contribution in [2.75, 3.05) is 24.9 Å². The first kappa shape index (κ1) is 19.6. The topological polar surface area (TPSA) is 89.6 Å². The molecular weight excluding hydrogens is 378 g/mol. The van der Waals surface area contributed by atoms with E-state index in [2.05, 4.69) is 15.6 Å². The number of methoxy groups -OCH3 is 2. The minimum Gasteiger partial charge on any atom is -0.497 e. The number of benzene rings is 2.